The van der Waals surface area contributed by atoms with E-state index in [0.717, 1.165) is 78.0 Å². The van der Waals surface area contributed by atoms with Crippen LogP contribution in [0, 0.1) is 11.3 Å². The normalized spacial score (nSPS) is 13.2. The predicted molar refractivity (Wildman–Crippen MR) is 297 cm³/mol. The van der Waals surface area contributed by atoms with Crippen LogP contribution in [0.3, 0.4) is 0 Å². The molecule has 0 saturated carbocycles. The number of nitriles is 1. The van der Waals surface area contributed by atoms with Gasteiger partial charge in [0.05, 0.1) is 61.5 Å². The third-order valence-electron chi connectivity index (χ3n) is 15.6. The molecule has 5 aromatic heterocycles. The molecule has 0 bridgehead atoms. The maximum atomic E-state index is 9.89. The topological polar surface area (TPSA) is 64.4 Å². The number of benzene rings is 9. The third-order valence-corrected chi connectivity index (χ3v) is 16.7. The van der Waals surface area contributed by atoms with Crippen LogP contribution >= 0.6 is 11.8 Å². The summed E-state index contributed by atoms with van der Waals surface area (Å²) < 4.78 is 7.16. The molecular weight excluding hydrogens is 909 g/mol. The Labute approximate surface area is 423 Å². The van der Waals surface area contributed by atoms with E-state index in [2.05, 4.69) is 226 Å². The highest BCUT2D eigenvalue weighted by Gasteiger charge is 2.51. The van der Waals surface area contributed by atoms with Crippen molar-refractivity contribution in [3.05, 3.63) is 259 Å². The molecule has 14 aromatic rings. The lowest BCUT2D eigenvalue weighted by atomic mass is 9.67. The van der Waals surface area contributed by atoms with Gasteiger partial charge in [0.15, 0.2) is 0 Å². The second-order valence-electron chi connectivity index (χ2n) is 19.2. The quantitative estimate of drug-likeness (QED) is 0.176. The molecule has 0 amide bonds. The number of aromatic nitrogens is 5. The maximum absolute atomic E-state index is 9.89. The van der Waals surface area contributed by atoms with E-state index in [1.165, 1.54) is 59.0 Å². The lowest BCUT2D eigenvalue weighted by Crippen LogP contribution is -2.32. The van der Waals surface area contributed by atoms with Gasteiger partial charge in [-0.1, -0.05) is 121 Å². The summed E-state index contributed by atoms with van der Waals surface area (Å²) in [6.45, 7) is 0. The van der Waals surface area contributed by atoms with Crippen LogP contribution in [0.4, 0.5) is 0 Å². The van der Waals surface area contributed by atoms with Gasteiger partial charge >= 0.3 is 0 Å². The standard InChI is InChI=1S/C66H38N6S/c67-39-40-24-29-60-50(34-40)48-16-3-7-22-58(48)72(60)45-27-31-62-55(38-45)66(53-18-10-32-68-64(53)65-54(66)19-11-33-69-65)52-28-25-42(36-63(52)73-62)41-26-30-61-51(35-41)49-17-4-8-23-59(49)71(61)44-13-9-12-43(37-44)70-56-20-5-1-14-46(56)47-15-2-6-21-57(47)70/h1-38H. The number of hydrogen-bond acceptors (Lipinski definition) is 4. The molecule has 2 aliphatic rings. The lowest BCUT2D eigenvalue weighted by Gasteiger charge is -2.39. The van der Waals surface area contributed by atoms with E-state index in [1.54, 1.807) is 0 Å². The average molecular weight is 947 g/mol. The number of hydrogen-bond donors (Lipinski definition) is 0. The first-order valence-corrected chi connectivity index (χ1v) is 25.4. The molecule has 0 unspecified atom stereocenters. The fraction of sp³-hybridized carbons (Fsp3) is 0.0152. The molecule has 0 fully saturated rings. The van der Waals surface area contributed by atoms with Crippen LogP contribution in [0.25, 0.3) is 105 Å². The molecule has 6 heterocycles. The number of nitrogens with zero attached hydrogens (tertiary/aromatic N) is 6. The zero-order chi connectivity index (χ0) is 47.9. The van der Waals surface area contributed by atoms with Crippen molar-refractivity contribution in [1.82, 2.24) is 23.7 Å². The van der Waals surface area contributed by atoms with Crippen molar-refractivity contribution in [2.24, 2.45) is 0 Å². The smallest absolute Gasteiger partial charge is 0.0991 e. The molecule has 73 heavy (non-hydrogen) atoms. The summed E-state index contributed by atoms with van der Waals surface area (Å²) in [5.41, 5.74) is 19.0. The molecule has 9 aromatic carbocycles. The number of para-hydroxylation sites is 4. The molecule has 338 valence electrons. The van der Waals surface area contributed by atoms with Crippen LogP contribution in [0.15, 0.2) is 241 Å². The van der Waals surface area contributed by atoms with Crippen LogP contribution in [-0.4, -0.2) is 23.7 Å². The molecular formula is C66H38N6S. The van der Waals surface area contributed by atoms with Gasteiger partial charge in [-0.15, -0.1) is 0 Å². The van der Waals surface area contributed by atoms with E-state index in [1.807, 2.05) is 36.3 Å². The van der Waals surface area contributed by atoms with Crippen LogP contribution in [0.1, 0.15) is 27.8 Å². The van der Waals surface area contributed by atoms with Gasteiger partial charge in [-0.05, 0) is 143 Å². The van der Waals surface area contributed by atoms with E-state index in [-0.39, 0.29) is 0 Å². The highest BCUT2D eigenvalue weighted by atomic mass is 32.2. The molecule has 6 nitrogen and oxygen atoms in total. The highest BCUT2D eigenvalue weighted by molar-refractivity contribution is 7.99. The first-order chi connectivity index (χ1) is 36.2. The Morgan fingerprint density at radius 1 is 0.356 bits per heavy atom. The SMILES string of the molecule is N#Cc1ccc2c(c1)c1ccccc1n2-c1ccc2c(c1)C1(c3ccc(-c4ccc5c(c4)c4ccccc4n5-c4cccc(-n5c6ccccc6c6ccccc65)c4)cc3S2)c2cccnc2-c2ncccc21. The molecule has 1 aliphatic carbocycles. The molecule has 1 spiro atoms. The molecule has 7 heteroatoms. The minimum atomic E-state index is -0.685. The van der Waals surface area contributed by atoms with E-state index in [0.29, 0.717) is 5.56 Å². The molecule has 16 rings (SSSR count). The Hall–Kier alpha value is -9.48. The zero-order valence-corrected chi connectivity index (χ0v) is 39.8. The van der Waals surface area contributed by atoms with E-state index in [4.69, 9.17) is 9.97 Å². The number of rotatable bonds is 4. The summed E-state index contributed by atoms with van der Waals surface area (Å²) in [7, 11) is 0. The largest absolute Gasteiger partial charge is 0.309 e. The molecule has 1 aliphatic heterocycles. The van der Waals surface area contributed by atoms with Gasteiger partial charge in [0.1, 0.15) is 0 Å². The predicted octanol–water partition coefficient (Wildman–Crippen LogP) is 16.1. The fourth-order valence-corrected chi connectivity index (χ4v) is 13.9. The maximum Gasteiger partial charge on any atom is 0.0991 e. The van der Waals surface area contributed by atoms with E-state index < -0.39 is 5.41 Å². The minimum Gasteiger partial charge on any atom is -0.309 e. The van der Waals surface area contributed by atoms with Crippen LogP contribution < -0.4 is 0 Å². The minimum absolute atomic E-state index is 0.649. The highest BCUT2D eigenvalue weighted by Crippen LogP contribution is 2.62. The fourth-order valence-electron chi connectivity index (χ4n) is 12.6. The van der Waals surface area contributed by atoms with E-state index in [9.17, 15) is 5.26 Å². The van der Waals surface area contributed by atoms with Crippen LogP contribution in [0.5, 0.6) is 0 Å². The summed E-state index contributed by atoms with van der Waals surface area (Å²) in [4.78, 5) is 12.5. The number of fused-ring (bicyclic) bond motifs is 18. The van der Waals surface area contributed by atoms with Gasteiger partial charge in [-0.2, -0.15) is 5.26 Å². The summed E-state index contributed by atoms with van der Waals surface area (Å²) in [6, 6.07) is 81.7. The van der Waals surface area contributed by atoms with Crippen molar-refractivity contribution in [3.63, 3.8) is 0 Å². The summed E-state index contributed by atoms with van der Waals surface area (Å²) in [6.07, 6.45) is 3.77. The third kappa shape index (κ3) is 5.47. The van der Waals surface area contributed by atoms with Gasteiger partial charge in [-0.25, -0.2) is 0 Å². The van der Waals surface area contributed by atoms with Gasteiger partial charge in [-0.3, -0.25) is 9.97 Å². The summed E-state index contributed by atoms with van der Waals surface area (Å²) in [5, 5.41) is 17.0. The average Bonchev–Trinajstić information content (AvgIpc) is 4.17. The van der Waals surface area contributed by atoms with Crippen molar-refractivity contribution in [3.8, 4) is 45.6 Å². The Balaban J connectivity index is 0.864. The zero-order valence-electron chi connectivity index (χ0n) is 39.0. The van der Waals surface area contributed by atoms with E-state index >= 15 is 0 Å². The van der Waals surface area contributed by atoms with Crippen molar-refractivity contribution in [2.75, 3.05) is 0 Å². The second-order valence-corrected chi connectivity index (χ2v) is 20.3. The van der Waals surface area contributed by atoms with Crippen molar-refractivity contribution in [2.45, 2.75) is 15.2 Å². The Morgan fingerprint density at radius 3 is 1.44 bits per heavy atom. The first kappa shape index (κ1) is 40.3. The van der Waals surface area contributed by atoms with Crippen molar-refractivity contribution >= 4 is 77.2 Å². The number of pyridine rings is 2. The van der Waals surface area contributed by atoms with Gasteiger partial charge in [0.25, 0.3) is 0 Å². The monoisotopic (exact) mass is 946 g/mol. The molecule has 0 saturated heterocycles. The molecule has 0 atom stereocenters. The van der Waals surface area contributed by atoms with Gasteiger partial charge < -0.3 is 13.7 Å². The van der Waals surface area contributed by atoms with Crippen molar-refractivity contribution < 1.29 is 0 Å². The lowest BCUT2D eigenvalue weighted by molar-refractivity contribution is 0.718. The van der Waals surface area contributed by atoms with Gasteiger partial charge in [0, 0.05) is 71.6 Å². The summed E-state index contributed by atoms with van der Waals surface area (Å²) in [5.74, 6) is 0. The Kier molecular flexibility index (Phi) is 8.28. The second kappa shape index (κ2) is 15.0. The first-order valence-electron chi connectivity index (χ1n) is 24.6. The van der Waals surface area contributed by atoms with Crippen LogP contribution in [-0.2, 0) is 5.41 Å². The van der Waals surface area contributed by atoms with Crippen molar-refractivity contribution in [1.29, 1.82) is 5.26 Å². The Morgan fingerprint density at radius 2 is 0.849 bits per heavy atom. The van der Waals surface area contributed by atoms with Crippen LogP contribution in [0.2, 0.25) is 0 Å². The molecule has 0 N–H and O–H groups in total. The Bertz CT molecular complexity index is 4660. The summed E-state index contributed by atoms with van der Waals surface area (Å²) >= 11 is 1.84. The molecule has 0 radical (unpaired) electrons. The van der Waals surface area contributed by atoms with Gasteiger partial charge in [0.2, 0.25) is 0 Å².